The Kier molecular flexibility index (Phi) is 8.61. The molecule has 6 heteroatoms. The highest BCUT2D eigenvalue weighted by atomic mass is 32.2. The van der Waals surface area contributed by atoms with Crippen molar-refractivity contribution in [2.24, 2.45) is 0 Å². The van der Waals surface area contributed by atoms with Crippen LogP contribution in [0, 0.1) is 5.82 Å². The Morgan fingerprint density at radius 3 is 2.43 bits per heavy atom. The van der Waals surface area contributed by atoms with Gasteiger partial charge in [0.1, 0.15) is 5.82 Å². The summed E-state index contributed by atoms with van der Waals surface area (Å²) in [6.45, 7) is 4.32. The molecule has 1 aromatic carbocycles. The summed E-state index contributed by atoms with van der Waals surface area (Å²) in [4.78, 5) is 29.3. The lowest BCUT2D eigenvalue weighted by atomic mass is 10.00. The van der Waals surface area contributed by atoms with Gasteiger partial charge >= 0.3 is 0 Å². The van der Waals surface area contributed by atoms with Crippen LogP contribution in [0.3, 0.4) is 0 Å². The molecule has 0 atom stereocenters. The number of hydrogen-bond donors (Lipinski definition) is 0. The van der Waals surface area contributed by atoms with E-state index in [9.17, 15) is 14.0 Å². The molecule has 2 aliphatic heterocycles. The number of hydrogen-bond acceptors (Lipinski definition) is 3. The van der Waals surface area contributed by atoms with E-state index in [0.29, 0.717) is 31.6 Å². The van der Waals surface area contributed by atoms with Gasteiger partial charge in [-0.15, -0.1) is 11.8 Å². The van der Waals surface area contributed by atoms with Crippen LogP contribution >= 0.6 is 11.8 Å². The van der Waals surface area contributed by atoms with Crippen LogP contribution in [0.1, 0.15) is 81.5 Å². The minimum absolute atomic E-state index is 0.0950. The molecule has 30 heavy (non-hydrogen) atoms. The number of nitrogens with zero attached hydrogens (tertiary/aromatic N) is 2. The topological polar surface area (TPSA) is 40.6 Å². The second-order valence-electron chi connectivity index (χ2n) is 8.51. The van der Waals surface area contributed by atoms with Gasteiger partial charge in [-0.25, -0.2) is 4.39 Å². The van der Waals surface area contributed by atoms with Gasteiger partial charge in [0.25, 0.3) is 5.91 Å². The van der Waals surface area contributed by atoms with E-state index in [1.54, 1.807) is 12.1 Å². The molecule has 0 aliphatic carbocycles. The van der Waals surface area contributed by atoms with E-state index in [0.717, 1.165) is 31.4 Å². The van der Waals surface area contributed by atoms with Crippen molar-refractivity contribution in [2.75, 3.05) is 25.4 Å². The fraction of sp³-hybridized carbons (Fsp3) is 0.667. The zero-order valence-corrected chi connectivity index (χ0v) is 19.0. The Morgan fingerprint density at radius 1 is 1.03 bits per heavy atom. The molecule has 3 rings (SSSR count). The summed E-state index contributed by atoms with van der Waals surface area (Å²) in [6, 6.07) is 5.95. The molecule has 166 valence electrons. The number of unbranched alkanes of at least 4 members (excludes halogenated alkanes) is 6. The molecule has 4 nitrogen and oxygen atoms in total. The van der Waals surface area contributed by atoms with Crippen LogP contribution in [0.15, 0.2) is 24.3 Å². The summed E-state index contributed by atoms with van der Waals surface area (Å²) in [5.74, 6) is 0.673. The van der Waals surface area contributed by atoms with Crippen molar-refractivity contribution in [3.63, 3.8) is 0 Å². The first-order valence-electron chi connectivity index (χ1n) is 11.5. The normalized spacial score (nSPS) is 18.2. The quantitative estimate of drug-likeness (QED) is 0.484. The minimum atomic E-state index is -0.382. The van der Waals surface area contributed by atoms with Gasteiger partial charge in [-0.1, -0.05) is 51.5 Å². The summed E-state index contributed by atoms with van der Waals surface area (Å²) >= 11 is 1.82. The summed E-state index contributed by atoms with van der Waals surface area (Å²) < 4.78 is 13.6. The van der Waals surface area contributed by atoms with Gasteiger partial charge in [0.15, 0.2) is 0 Å². The van der Waals surface area contributed by atoms with E-state index in [-0.39, 0.29) is 22.5 Å². The van der Waals surface area contributed by atoms with E-state index < -0.39 is 0 Å². The maximum Gasteiger partial charge on any atom is 0.255 e. The van der Waals surface area contributed by atoms with E-state index in [1.165, 1.54) is 44.2 Å². The van der Waals surface area contributed by atoms with Crippen molar-refractivity contribution < 1.29 is 14.0 Å². The predicted octanol–water partition coefficient (Wildman–Crippen LogP) is 5.47. The first-order chi connectivity index (χ1) is 14.6. The molecule has 1 aromatic rings. The number of rotatable bonds is 9. The Morgan fingerprint density at radius 2 is 1.73 bits per heavy atom. The zero-order chi connectivity index (χ0) is 21.4. The summed E-state index contributed by atoms with van der Waals surface area (Å²) in [5.41, 5.74) is 0.411. The lowest BCUT2D eigenvalue weighted by Gasteiger charge is -2.44. The Labute approximate surface area is 184 Å². The van der Waals surface area contributed by atoms with Crippen molar-refractivity contribution in [2.45, 2.75) is 76.0 Å². The first kappa shape index (κ1) is 23.1. The number of thioether (sulfide) groups is 1. The van der Waals surface area contributed by atoms with Crippen molar-refractivity contribution >= 4 is 23.6 Å². The van der Waals surface area contributed by atoms with Gasteiger partial charge in [-0.2, -0.15) is 0 Å². The zero-order valence-electron chi connectivity index (χ0n) is 18.2. The molecule has 1 spiro atoms. The number of benzene rings is 1. The van der Waals surface area contributed by atoms with Crippen LogP contribution in [0.5, 0.6) is 0 Å². The van der Waals surface area contributed by atoms with Crippen LogP contribution in [-0.4, -0.2) is 51.9 Å². The van der Waals surface area contributed by atoms with Crippen molar-refractivity contribution in [3.05, 3.63) is 35.6 Å². The second-order valence-corrected chi connectivity index (χ2v) is 9.97. The van der Waals surface area contributed by atoms with Gasteiger partial charge < -0.3 is 9.80 Å². The maximum absolute atomic E-state index is 13.6. The lowest BCUT2D eigenvalue weighted by molar-refractivity contribution is -0.132. The SMILES string of the molecule is CCCCCCCCCC(=O)N1CCC2(CC1)SCCN2C(=O)c1cccc(F)c1. The third kappa shape index (κ3) is 5.77. The highest BCUT2D eigenvalue weighted by Gasteiger charge is 2.47. The largest absolute Gasteiger partial charge is 0.342 e. The number of piperidine rings is 1. The van der Waals surface area contributed by atoms with Crippen LogP contribution in [0.25, 0.3) is 0 Å². The third-order valence-corrected chi connectivity index (χ3v) is 7.94. The molecule has 2 amide bonds. The fourth-order valence-corrected chi connectivity index (χ4v) is 6.04. The Bertz CT molecular complexity index is 719. The molecule has 2 fully saturated rings. The molecule has 0 aromatic heterocycles. The Balaban J connectivity index is 1.46. The average Bonchev–Trinajstić information content (AvgIpc) is 3.15. The van der Waals surface area contributed by atoms with Gasteiger partial charge in [-0.05, 0) is 37.5 Å². The second kappa shape index (κ2) is 11.2. The molecule has 0 unspecified atom stereocenters. The molecular weight excluding hydrogens is 399 g/mol. The molecule has 0 N–H and O–H groups in total. The summed E-state index contributed by atoms with van der Waals surface area (Å²) in [5, 5.41) is 0. The van der Waals surface area contributed by atoms with Gasteiger partial charge in [0.2, 0.25) is 5.91 Å². The van der Waals surface area contributed by atoms with Crippen LogP contribution < -0.4 is 0 Å². The molecule has 2 aliphatic rings. The van der Waals surface area contributed by atoms with E-state index in [4.69, 9.17) is 0 Å². The minimum Gasteiger partial charge on any atom is -0.342 e. The van der Waals surface area contributed by atoms with Crippen molar-refractivity contribution in [1.82, 2.24) is 9.80 Å². The van der Waals surface area contributed by atoms with Crippen molar-refractivity contribution in [1.29, 1.82) is 0 Å². The number of carbonyl (C=O) groups is 2. The number of carbonyl (C=O) groups excluding carboxylic acids is 2. The van der Waals surface area contributed by atoms with E-state index >= 15 is 0 Å². The maximum atomic E-state index is 13.6. The first-order valence-corrected chi connectivity index (χ1v) is 12.5. The van der Waals surface area contributed by atoms with Crippen LogP contribution in [0.2, 0.25) is 0 Å². The monoisotopic (exact) mass is 434 g/mol. The molecule has 0 saturated carbocycles. The summed E-state index contributed by atoms with van der Waals surface area (Å²) in [7, 11) is 0. The summed E-state index contributed by atoms with van der Waals surface area (Å²) in [6.07, 6.45) is 10.7. The number of likely N-dealkylation sites (tertiary alicyclic amines) is 1. The average molecular weight is 435 g/mol. The molecule has 0 bridgehead atoms. The van der Waals surface area contributed by atoms with E-state index in [2.05, 4.69) is 6.92 Å². The standard InChI is InChI=1S/C24H35FN2O2S/c1-2-3-4-5-6-7-8-12-22(28)26-15-13-24(14-16-26)27(17-18-30-24)23(29)20-10-9-11-21(25)19-20/h9-11,19H,2-8,12-18H2,1H3. The third-order valence-electron chi connectivity index (χ3n) is 6.39. The number of amides is 2. The van der Waals surface area contributed by atoms with Crippen LogP contribution in [-0.2, 0) is 4.79 Å². The van der Waals surface area contributed by atoms with E-state index in [1.807, 2.05) is 21.6 Å². The van der Waals surface area contributed by atoms with Crippen LogP contribution in [0.4, 0.5) is 4.39 Å². The molecule has 0 radical (unpaired) electrons. The fourth-order valence-electron chi connectivity index (χ4n) is 4.58. The smallest absolute Gasteiger partial charge is 0.255 e. The van der Waals surface area contributed by atoms with Gasteiger partial charge in [0, 0.05) is 37.4 Å². The van der Waals surface area contributed by atoms with Gasteiger partial charge in [-0.3, -0.25) is 9.59 Å². The van der Waals surface area contributed by atoms with Crippen molar-refractivity contribution in [3.8, 4) is 0 Å². The van der Waals surface area contributed by atoms with Gasteiger partial charge in [0.05, 0.1) is 4.87 Å². The highest BCUT2D eigenvalue weighted by molar-refractivity contribution is 8.00. The predicted molar refractivity (Wildman–Crippen MR) is 121 cm³/mol. The number of halogens is 1. The molecule has 2 saturated heterocycles. The molecule has 2 heterocycles. The highest BCUT2D eigenvalue weighted by Crippen LogP contribution is 2.44. The lowest BCUT2D eigenvalue weighted by Crippen LogP contribution is -2.53. The molecular formula is C24H35FN2O2S. The Hall–Kier alpha value is -1.56.